The van der Waals surface area contributed by atoms with Crippen LogP contribution in [0.5, 0.6) is 0 Å². The van der Waals surface area contributed by atoms with Gasteiger partial charge in [0.15, 0.2) is 0 Å². The molecule has 2 aromatic rings. The summed E-state index contributed by atoms with van der Waals surface area (Å²) in [6.07, 6.45) is 0. The number of carbonyl (C=O) groups is 1. The fraction of sp³-hybridized carbons (Fsp3) is 0.364. The third-order valence-corrected chi connectivity index (χ3v) is 4.96. The van der Waals surface area contributed by atoms with E-state index in [4.69, 9.17) is 0 Å². The number of benzene rings is 2. The van der Waals surface area contributed by atoms with E-state index in [0.717, 1.165) is 23.2 Å². The van der Waals surface area contributed by atoms with E-state index in [1.807, 2.05) is 50.5 Å². The molecule has 134 valence electrons. The minimum atomic E-state index is -0.525. The first-order valence-corrected chi connectivity index (χ1v) is 8.87. The summed E-state index contributed by atoms with van der Waals surface area (Å²) in [4.78, 5) is 16.8. The molecule has 1 heterocycles. The third-order valence-electron chi connectivity index (χ3n) is 4.96. The lowest BCUT2D eigenvalue weighted by Crippen LogP contribution is -2.39. The van der Waals surface area contributed by atoms with Crippen LogP contribution in [0.1, 0.15) is 46.9 Å². The Hall–Kier alpha value is -2.64. The van der Waals surface area contributed by atoms with Crippen molar-refractivity contribution in [3.8, 4) is 6.07 Å². The Labute approximate surface area is 155 Å². The monoisotopic (exact) mass is 347 g/mol. The highest BCUT2D eigenvalue weighted by atomic mass is 16.2. The van der Waals surface area contributed by atoms with Gasteiger partial charge in [-0.25, -0.2) is 0 Å². The van der Waals surface area contributed by atoms with Crippen molar-refractivity contribution in [2.45, 2.75) is 31.8 Å². The average molecular weight is 347 g/mol. The quantitative estimate of drug-likeness (QED) is 0.828. The molecule has 3 rings (SSSR count). The molecule has 0 saturated carbocycles. The Bertz CT molecular complexity index is 849. The number of hydrogen-bond acceptors (Lipinski definition) is 3. The standard InChI is InChI=1S/C22H25N3O/c1-22(2,17-8-6-5-7-9-17)15-25-20(13-23)19-12-16(14-24(3)4)10-11-18(19)21(25)26/h5-12,20H,14-15H2,1-4H3. The van der Waals surface area contributed by atoms with E-state index in [9.17, 15) is 10.1 Å². The van der Waals surface area contributed by atoms with Gasteiger partial charge in [-0.05, 0) is 31.3 Å². The third kappa shape index (κ3) is 3.36. The van der Waals surface area contributed by atoms with Gasteiger partial charge in [-0.3, -0.25) is 4.79 Å². The minimum absolute atomic E-state index is 0.0491. The Morgan fingerprint density at radius 2 is 1.85 bits per heavy atom. The van der Waals surface area contributed by atoms with E-state index in [-0.39, 0.29) is 11.3 Å². The molecular weight excluding hydrogens is 322 g/mol. The molecule has 1 atom stereocenters. The van der Waals surface area contributed by atoms with Gasteiger partial charge in [0, 0.05) is 29.6 Å². The molecule has 0 radical (unpaired) electrons. The lowest BCUT2D eigenvalue weighted by molar-refractivity contribution is 0.0722. The molecule has 2 aromatic carbocycles. The van der Waals surface area contributed by atoms with Gasteiger partial charge in [0.2, 0.25) is 0 Å². The number of nitrogens with zero attached hydrogens (tertiary/aromatic N) is 3. The van der Waals surface area contributed by atoms with Crippen molar-refractivity contribution < 1.29 is 4.79 Å². The molecule has 26 heavy (non-hydrogen) atoms. The van der Waals surface area contributed by atoms with Crippen molar-refractivity contribution in [3.63, 3.8) is 0 Å². The number of fused-ring (bicyclic) bond motifs is 1. The SMILES string of the molecule is CN(C)Cc1ccc2c(c1)C(C#N)N(CC(C)(C)c1ccccc1)C2=O. The van der Waals surface area contributed by atoms with Crippen LogP contribution in [-0.4, -0.2) is 36.3 Å². The van der Waals surface area contributed by atoms with Crippen molar-refractivity contribution in [3.05, 3.63) is 70.8 Å². The Kier molecular flexibility index (Phi) is 4.84. The second-order valence-corrected chi connectivity index (χ2v) is 7.87. The van der Waals surface area contributed by atoms with E-state index in [1.54, 1.807) is 4.90 Å². The molecule has 1 aliphatic rings. The number of carbonyl (C=O) groups excluding carboxylic acids is 1. The van der Waals surface area contributed by atoms with Crippen LogP contribution in [0.25, 0.3) is 0 Å². The lowest BCUT2D eigenvalue weighted by atomic mass is 9.84. The largest absolute Gasteiger partial charge is 0.318 e. The number of amides is 1. The van der Waals surface area contributed by atoms with Gasteiger partial charge in [0.05, 0.1) is 6.07 Å². The van der Waals surface area contributed by atoms with Crippen molar-refractivity contribution >= 4 is 5.91 Å². The number of rotatable bonds is 5. The maximum absolute atomic E-state index is 13.0. The zero-order chi connectivity index (χ0) is 18.9. The average Bonchev–Trinajstić information content (AvgIpc) is 2.86. The summed E-state index contributed by atoms with van der Waals surface area (Å²) in [5.41, 5.74) is 3.53. The zero-order valence-electron chi connectivity index (χ0n) is 15.9. The molecule has 1 amide bonds. The van der Waals surface area contributed by atoms with Crippen LogP contribution in [-0.2, 0) is 12.0 Å². The Morgan fingerprint density at radius 3 is 2.46 bits per heavy atom. The van der Waals surface area contributed by atoms with Crippen molar-refractivity contribution in [2.24, 2.45) is 0 Å². The van der Waals surface area contributed by atoms with Gasteiger partial charge in [-0.1, -0.05) is 56.3 Å². The second kappa shape index (κ2) is 6.93. The first kappa shape index (κ1) is 18.2. The summed E-state index contributed by atoms with van der Waals surface area (Å²) in [5, 5.41) is 9.79. The summed E-state index contributed by atoms with van der Waals surface area (Å²) < 4.78 is 0. The second-order valence-electron chi connectivity index (χ2n) is 7.87. The Balaban J connectivity index is 1.92. The molecule has 0 spiro atoms. The van der Waals surface area contributed by atoms with E-state index in [0.29, 0.717) is 12.1 Å². The molecule has 1 unspecified atom stereocenters. The first-order valence-electron chi connectivity index (χ1n) is 8.87. The van der Waals surface area contributed by atoms with E-state index < -0.39 is 6.04 Å². The lowest BCUT2D eigenvalue weighted by Gasteiger charge is -2.32. The highest BCUT2D eigenvalue weighted by Gasteiger charge is 2.40. The van der Waals surface area contributed by atoms with Crippen LogP contribution in [0.3, 0.4) is 0 Å². The number of hydrogen-bond donors (Lipinski definition) is 0. The molecule has 4 heteroatoms. The van der Waals surface area contributed by atoms with Crippen LogP contribution < -0.4 is 0 Å². The van der Waals surface area contributed by atoms with E-state index >= 15 is 0 Å². The van der Waals surface area contributed by atoms with Gasteiger partial charge < -0.3 is 9.80 Å². The minimum Gasteiger partial charge on any atom is -0.318 e. The van der Waals surface area contributed by atoms with Crippen molar-refractivity contribution in [1.82, 2.24) is 9.80 Å². The molecule has 0 aromatic heterocycles. The number of nitriles is 1. The van der Waals surface area contributed by atoms with Crippen molar-refractivity contribution in [1.29, 1.82) is 5.26 Å². The molecule has 0 saturated heterocycles. The van der Waals surface area contributed by atoms with Crippen molar-refractivity contribution in [2.75, 3.05) is 20.6 Å². The molecule has 0 N–H and O–H groups in total. The summed E-state index contributed by atoms with van der Waals surface area (Å²) >= 11 is 0. The van der Waals surface area contributed by atoms with Gasteiger partial charge in [-0.15, -0.1) is 0 Å². The molecule has 4 nitrogen and oxygen atoms in total. The molecule has 0 bridgehead atoms. The topological polar surface area (TPSA) is 47.3 Å². The van der Waals surface area contributed by atoms with Crippen LogP contribution in [0.4, 0.5) is 0 Å². The van der Waals surface area contributed by atoms with E-state index in [2.05, 4.69) is 36.9 Å². The highest BCUT2D eigenvalue weighted by molar-refractivity contribution is 5.99. The van der Waals surface area contributed by atoms with Crippen LogP contribution >= 0.6 is 0 Å². The summed E-state index contributed by atoms with van der Waals surface area (Å²) in [6.45, 7) is 5.52. The fourth-order valence-electron chi connectivity index (χ4n) is 3.65. The van der Waals surface area contributed by atoms with Crippen LogP contribution in [0.2, 0.25) is 0 Å². The first-order chi connectivity index (χ1) is 12.3. The molecule has 0 aliphatic carbocycles. The summed E-state index contributed by atoms with van der Waals surface area (Å²) in [7, 11) is 4.02. The van der Waals surface area contributed by atoms with Crippen LogP contribution in [0.15, 0.2) is 48.5 Å². The van der Waals surface area contributed by atoms with Gasteiger partial charge in [0.25, 0.3) is 5.91 Å². The van der Waals surface area contributed by atoms with Gasteiger partial charge in [0.1, 0.15) is 6.04 Å². The Morgan fingerprint density at radius 1 is 1.15 bits per heavy atom. The van der Waals surface area contributed by atoms with Gasteiger partial charge >= 0.3 is 0 Å². The summed E-state index contributed by atoms with van der Waals surface area (Å²) in [6, 6.07) is 17.8. The molecule has 0 fully saturated rings. The molecular formula is C22H25N3O. The maximum atomic E-state index is 13.0. The molecule has 1 aliphatic heterocycles. The normalized spacial score (nSPS) is 16.7. The zero-order valence-corrected chi connectivity index (χ0v) is 15.9. The maximum Gasteiger partial charge on any atom is 0.255 e. The smallest absolute Gasteiger partial charge is 0.255 e. The fourth-order valence-corrected chi connectivity index (χ4v) is 3.65. The predicted octanol–water partition coefficient (Wildman–Crippen LogP) is 3.75. The summed E-state index contributed by atoms with van der Waals surface area (Å²) in [5.74, 6) is -0.0491. The van der Waals surface area contributed by atoms with E-state index in [1.165, 1.54) is 0 Å². The van der Waals surface area contributed by atoms with Gasteiger partial charge in [-0.2, -0.15) is 5.26 Å². The highest BCUT2D eigenvalue weighted by Crippen LogP contribution is 2.37. The van der Waals surface area contributed by atoms with Crippen LogP contribution in [0, 0.1) is 11.3 Å². The predicted molar refractivity (Wildman–Crippen MR) is 103 cm³/mol.